The maximum atomic E-state index is 13.5. The topological polar surface area (TPSA) is 119 Å². The van der Waals surface area contributed by atoms with Gasteiger partial charge in [0, 0.05) is 42.3 Å². The number of carbonyl (C=O) groups excluding carboxylic acids is 2. The van der Waals surface area contributed by atoms with Crippen LogP contribution in [0.4, 0.5) is 11.4 Å². The molecule has 0 aliphatic heterocycles. The molecule has 0 fully saturated rings. The highest BCUT2D eigenvalue weighted by Crippen LogP contribution is 2.31. The third-order valence-corrected chi connectivity index (χ3v) is 11.4. The van der Waals surface area contributed by atoms with Crippen molar-refractivity contribution in [1.82, 2.24) is 19.1 Å². The quantitative estimate of drug-likeness (QED) is 0.114. The second-order valence-electron chi connectivity index (χ2n) is 13.5. The van der Waals surface area contributed by atoms with Crippen molar-refractivity contribution in [2.75, 3.05) is 16.8 Å². The number of aromatic nitrogens is 4. The average molecular weight is 1020 g/mol. The number of anilines is 2. The van der Waals surface area contributed by atoms with Crippen LogP contribution in [0.1, 0.15) is 71.4 Å². The van der Waals surface area contributed by atoms with Gasteiger partial charge in [0.25, 0.3) is 11.1 Å². The number of fused-ring (bicyclic) bond motifs is 2. The van der Waals surface area contributed by atoms with E-state index in [1.807, 2.05) is 45.9 Å². The standard InChI is InChI=1S/C23H23ClIN3O2.C19H17ClIN3O2/c1-5-6-13-27(15(4)29)19-12-11-18-21(20(19)25)26-22(14(2)3)28(23(18)30)17-9-7-16(24)8-10-17;1-10(2)18-23-17-14(8-9-15(16(17)21)22-11(3)25)19(26)24(18)13-6-4-12(20)5-7-13/h5,7-12,14H,1,6,13H2,2-4H3;4-10H,1-3H3,(H,22,25). The van der Waals surface area contributed by atoms with Crippen molar-refractivity contribution in [1.29, 1.82) is 0 Å². The van der Waals surface area contributed by atoms with Gasteiger partial charge in [0.15, 0.2) is 0 Å². The summed E-state index contributed by atoms with van der Waals surface area (Å²) in [6.45, 7) is 15.2. The summed E-state index contributed by atoms with van der Waals surface area (Å²) in [5.74, 6) is 1.13. The molecule has 0 aliphatic carbocycles. The van der Waals surface area contributed by atoms with Crippen LogP contribution in [0.2, 0.25) is 10.0 Å². The van der Waals surface area contributed by atoms with E-state index >= 15 is 0 Å². The number of carbonyl (C=O) groups is 2. The first-order valence-corrected chi connectivity index (χ1v) is 20.7. The van der Waals surface area contributed by atoms with E-state index in [2.05, 4.69) is 57.1 Å². The van der Waals surface area contributed by atoms with Crippen molar-refractivity contribution in [3.63, 3.8) is 0 Å². The Morgan fingerprint density at radius 2 is 1.20 bits per heavy atom. The summed E-state index contributed by atoms with van der Waals surface area (Å²) in [7, 11) is 0. The number of benzene rings is 4. The molecule has 2 aromatic heterocycles. The molecule has 0 aliphatic rings. The molecule has 0 saturated carbocycles. The molecule has 1 N–H and O–H groups in total. The smallest absolute Gasteiger partial charge is 0.266 e. The first-order valence-electron chi connectivity index (χ1n) is 17.7. The molecule has 0 atom stereocenters. The Morgan fingerprint density at radius 3 is 1.61 bits per heavy atom. The Labute approximate surface area is 362 Å². The van der Waals surface area contributed by atoms with Crippen molar-refractivity contribution in [3.8, 4) is 11.4 Å². The number of rotatable bonds is 9. The van der Waals surface area contributed by atoms with Crippen LogP contribution in [0.25, 0.3) is 33.2 Å². The lowest BCUT2D eigenvalue weighted by Crippen LogP contribution is -2.30. The predicted molar refractivity (Wildman–Crippen MR) is 245 cm³/mol. The molecule has 0 bridgehead atoms. The van der Waals surface area contributed by atoms with Crippen LogP contribution in [-0.4, -0.2) is 37.5 Å². The maximum Gasteiger partial charge on any atom is 0.266 e. The van der Waals surface area contributed by atoms with Crippen molar-refractivity contribution in [3.05, 3.63) is 135 Å². The van der Waals surface area contributed by atoms with Crippen LogP contribution >= 0.6 is 68.4 Å². The van der Waals surface area contributed by atoms with Gasteiger partial charge in [0.05, 0.1) is 51.7 Å². The van der Waals surface area contributed by atoms with Crippen LogP contribution in [0.3, 0.4) is 0 Å². The lowest BCUT2D eigenvalue weighted by Gasteiger charge is -2.23. The predicted octanol–water partition coefficient (Wildman–Crippen LogP) is 10.4. The van der Waals surface area contributed by atoms with Gasteiger partial charge < -0.3 is 10.2 Å². The highest BCUT2D eigenvalue weighted by Gasteiger charge is 2.22. The van der Waals surface area contributed by atoms with Gasteiger partial charge in [-0.1, -0.05) is 57.0 Å². The van der Waals surface area contributed by atoms with Gasteiger partial charge in [-0.2, -0.15) is 0 Å². The Kier molecular flexibility index (Phi) is 14.2. The third kappa shape index (κ3) is 9.19. The highest BCUT2D eigenvalue weighted by molar-refractivity contribution is 14.1. The molecule has 0 radical (unpaired) electrons. The van der Waals surface area contributed by atoms with Crippen molar-refractivity contribution in [2.24, 2.45) is 0 Å². The van der Waals surface area contributed by atoms with Crippen LogP contribution in [0.15, 0.2) is 95.0 Å². The summed E-state index contributed by atoms with van der Waals surface area (Å²) in [5.41, 5.74) is 3.76. The second-order valence-corrected chi connectivity index (χ2v) is 16.6. The molecule has 0 saturated heterocycles. The van der Waals surface area contributed by atoms with Crippen LogP contribution in [0.5, 0.6) is 0 Å². The Morgan fingerprint density at radius 1 is 0.750 bits per heavy atom. The lowest BCUT2D eigenvalue weighted by atomic mass is 10.1. The summed E-state index contributed by atoms with van der Waals surface area (Å²) < 4.78 is 4.79. The minimum Gasteiger partial charge on any atom is -0.325 e. The molecule has 56 heavy (non-hydrogen) atoms. The Bertz CT molecular complexity index is 2590. The molecule has 0 unspecified atom stereocenters. The minimum absolute atomic E-state index is 0.0157. The minimum atomic E-state index is -0.166. The van der Waals surface area contributed by atoms with Gasteiger partial charge in [-0.3, -0.25) is 28.3 Å². The first kappa shape index (κ1) is 43.0. The van der Waals surface area contributed by atoms with Crippen molar-refractivity contribution < 1.29 is 9.59 Å². The monoisotopic (exact) mass is 1020 g/mol. The van der Waals surface area contributed by atoms with E-state index in [1.54, 1.807) is 74.7 Å². The molecular weight excluding hydrogens is 977 g/mol. The number of hydrogen-bond acceptors (Lipinski definition) is 6. The largest absolute Gasteiger partial charge is 0.325 e. The molecule has 10 nitrogen and oxygen atoms in total. The zero-order chi connectivity index (χ0) is 41.0. The summed E-state index contributed by atoms with van der Waals surface area (Å²) in [6, 6.07) is 21.3. The van der Waals surface area contributed by atoms with Crippen molar-refractivity contribution in [2.45, 2.75) is 59.8 Å². The molecular formula is C42H40Cl2I2N6O4. The van der Waals surface area contributed by atoms with E-state index in [-0.39, 0.29) is 34.8 Å². The molecule has 0 spiro atoms. The van der Waals surface area contributed by atoms with E-state index in [4.69, 9.17) is 33.2 Å². The SMILES string of the molecule is C=CCCN(C(C)=O)c1ccc2c(=O)n(-c3ccc(Cl)cc3)c(C(C)C)nc2c1I.CC(=O)Nc1ccc2c(=O)n(-c3ccc(Cl)cc3)c(C(C)C)nc2c1I. The summed E-state index contributed by atoms with van der Waals surface area (Å²) >= 11 is 16.3. The Hall–Kier alpha value is -4.12. The molecule has 6 aromatic rings. The van der Waals surface area contributed by atoms with Gasteiger partial charge in [-0.25, -0.2) is 9.97 Å². The fourth-order valence-corrected chi connectivity index (χ4v) is 7.94. The van der Waals surface area contributed by atoms with E-state index in [1.165, 1.54) is 13.8 Å². The number of halogens is 4. The lowest BCUT2D eigenvalue weighted by molar-refractivity contribution is -0.116. The zero-order valence-electron chi connectivity index (χ0n) is 31.7. The fourth-order valence-electron chi connectivity index (χ4n) is 6.08. The van der Waals surface area contributed by atoms with Crippen molar-refractivity contribution >= 4 is 113 Å². The molecule has 4 aromatic carbocycles. The number of hydrogen-bond donors (Lipinski definition) is 1. The second kappa shape index (κ2) is 18.4. The average Bonchev–Trinajstić information content (AvgIpc) is 3.14. The molecule has 14 heteroatoms. The normalized spacial score (nSPS) is 11.1. The van der Waals surface area contributed by atoms with E-state index < -0.39 is 0 Å². The van der Waals surface area contributed by atoms with Gasteiger partial charge in [-0.15, -0.1) is 6.58 Å². The fraction of sp³-hybridized carbons (Fsp3) is 0.238. The number of amides is 2. The van der Waals surface area contributed by atoms with Gasteiger partial charge in [-0.05, 0) is 124 Å². The molecule has 2 heterocycles. The van der Waals surface area contributed by atoms with Crippen LogP contribution < -0.4 is 21.3 Å². The summed E-state index contributed by atoms with van der Waals surface area (Å²) in [6.07, 6.45) is 2.46. The summed E-state index contributed by atoms with van der Waals surface area (Å²) in [5, 5.41) is 5.00. The van der Waals surface area contributed by atoms with Crippen LogP contribution in [-0.2, 0) is 9.59 Å². The number of nitrogens with zero attached hydrogens (tertiary/aromatic N) is 5. The molecule has 290 valence electrons. The van der Waals surface area contributed by atoms with E-state index in [9.17, 15) is 19.2 Å². The highest BCUT2D eigenvalue weighted by atomic mass is 127. The molecule has 2 amide bonds. The maximum absolute atomic E-state index is 13.5. The van der Waals surface area contributed by atoms with Gasteiger partial charge >= 0.3 is 0 Å². The van der Waals surface area contributed by atoms with Crippen LogP contribution in [0, 0.1) is 7.14 Å². The Balaban J connectivity index is 0.000000216. The first-order chi connectivity index (χ1) is 26.5. The zero-order valence-corrected chi connectivity index (χ0v) is 37.5. The molecule has 6 rings (SSSR count). The van der Waals surface area contributed by atoms with Gasteiger partial charge in [0.1, 0.15) is 11.6 Å². The summed E-state index contributed by atoms with van der Waals surface area (Å²) in [4.78, 5) is 61.7. The van der Waals surface area contributed by atoms with E-state index in [0.29, 0.717) is 62.2 Å². The third-order valence-electron chi connectivity index (χ3n) is 8.73. The number of nitrogens with one attached hydrogen (secondary N) is 1. The van der Waals surface area contributed by atoms with E-state index in [0.717, 1.165) is 24.2 Å². The van der Waals surface area contributed by atoms with Gasteiger partial charge in [0.2, 0.25) is 11.8 Å².